The van der Waals surface area contributed by atoms with E-state index in [1.807, 2.05) is 12.1 Å². The molecule has 1 fully saturated rings. The Hall–Kier alpha value is -1.44. The van der Waals surface area contributed by atoms with E-state index in [0.29, 0.717) is 0 Å². The lowest BCUT2D eigenvalue weighted by Gasteiger charge is -2.37. The predicted molar refractivity (Wildman–Crippen MR) is 73.1 cm³/mol. The third-order valence-electron chi connectivity index (χ3n) is 4.07. The van der Waals surface area contributed by atoms with Crippen LogP contribution in [0.2, 0.25) is 0 Å². The van der Waals surface area contributed by atoms with Gasteiger partial charge in [0.2, 0.25) is 0 Å². The van der Waals surface area contributed by atoms with E-state index in [2.05, 4.69) is 23.1 Å². The fraction of sp³-hybridized carbons (Fsp3) is 0.467. The minimum Gasteiger partial charge on any atom is -0.399 e. The third-order valence-corrected chi connectivity index (χ3v) is 4.07. The highest BCUT2D eigenvalue weighted by Gasteiger charge is 2.25. The molecule has 0 unspecified atom stereocenters. The van der Waals surface area contributed by atoms with Crippen molar-refractivity contribution in [2.24, 2.45) is 5.92 Å². The van der Waals surface area contributed by atoms with Gasteiger partial charge in [-0.05, 0) is 55.9 Å². The maximum Gasteiger partial charge on any atom is 0.0391 e. The number of hydrogen-bond acceptors (Lipinski definition) is 2. The van der Waals surface area contributed by atoms with Gasteiger partial charge in [0.1, 0.15) is 0 Å². The average molecular weight is 228 g/mol. The standard InChI is InChI=1S/C15H20N2/c16-14-5-7-15(8-6-14)17-10-9-12-3-1-2-4-13(12)11-17/h4-8,12H,1-3,9-11,16H2/t12-/m1/s1. The molecule has 1 aliphatic carbocycles. The molecule has 0 saturated carbocycles. The maximum absolute atomic E-state index is 5.73. The molecule has 1 saturated heterocycles. The van der Waals surface area contributed by atoms with Gasteiger partial charge in [-0.25, -0.2) is 0 Å². The smallest absolute Gasteiger partial charge is 0.0391 e. The summed E-state index contributed by atoms with van der Waals surface area (Å²) in [5.74, 6) is 0.869. The molecule has 1 aromatic rings. The van der Waals surface area contributed by atoms with Crippen molar-refractivity contribution < 1.29 is 0 Å². The summed E-state index contributed by atoms with van der Waals surface area (Å²) < 4.78 is 0. The van der Waals surface area contributed by atoms with Crippen LogP contribution >= 0.6 is 0 Å². The first-order valence-corrected chi connectivity index (χ1v) is 6.62. The van der Waals surface area contributed by atoms with Gasteiger partial charge in [-0.1, -0.05) is 11.6 Å². The first-order chi connectivity index (χ1) is 8.33. The second-order valence-corrected chi connectivity index (χ2v) is 5.21. The second-order valence-electron chi connectivity index (χ2n) is 5.21. The van der Waals surface area contributed by atoms with Crippen LogP contribution < -0.4 is 10.6 Å². The maximum atomic E-state index is 5.73. The number of nitrogens with zero attached hydrogens (tertiary/aromatic N) is 1. The number of rotatable bonds is 1. The zero-order valence-electron chi connectivity index (χ0n) is 10.2. The normalized spacial score (nSPS) is 24.1. The van der Waals surface area contributed by atoms with E-state index >= 15 is 0 Å². The molecule has 1 aliphatic heterocycles. The lowest BCUT2D eigenvalue weighted by Crippen LogP contribution is -2.36. The van der Waals surface area contributed by atoms with E-state index in [0.717, 1.165) is 18.2 Å². The van der Waals surface area contributed by atoms with Gasteiger partial charge < -0.3 is 10.6 Å². The highest BCUT2D eigenvalue weighted by molar-refractivity contribution is 5.54. The molecule has 2 aliphatic rings. The molecular formula is C15H20N2. The van der Waals surface area contributed by atoms with Gasteiger partial charge in [-0.15, -0.1) is 0 Å². The molecule has 0 aromatic heterocycles. The molecule has 17 heavy (non-hydrogen) atoms. The molecule has 3 rings (SSSR count). The molecule has 0 radical (unpaired) electrons. The molecule has 0 amide bonds. The summed E-state index contributed by atoms with van der Waals surface area (Å²) in [6, 6.07) is 8.27. The average Bonchev–Trinajstić information content (AvgIpc) is 2.39. The van der Waals surface area contributed by atoms with Crippen LogP contribution in [0, 0.1) is 5.92 Å². The van der Waals surface area contributed by atoms with Crippen molar-refractivity contribution in [3.63, 3.8) is 0 Å². The summed E-state index contributed by atoms with van der Waals surface area (Å²) in [4.78, 5) is 2.48. The van der Waals surface area contributed by atoms with Crippen LogP contribution in [0.15, 0.2) is 35.9 Å². The lowest BCUT2D eigenvalue weighted by atomic mass is 9.82. The van der Waals surface area contributed by atoms with Crippen LogP contribution in [0.3, 0.4) is 0 Å². The van der Waals surface area contributed by atoms with Gasteiger partial charge in [0.25, 0.3) is 0 Å². The van der Waals surface area contributed by atoms with Crippen LogP contribution in [-0.2, 0) is 0 Å². The number of allylic oxidation sites excluding steroid dienone is 1. The summed E-state index contributed by atoms with van der Waals surface area (Å²) in [6.45, 7) is 2.31. The first-order valence-electron chi connectivity index (χ1n) is 6.62. The topological polar surface area (TPSA) is 29.3 Å². The number of piperidine rings is 1. The van der Waals surface area contributed by atoms with E-state index in [-0.39, 0.29) is 0 Å². The number of hydrogen-bond donors (Lipinski definition) is 1. The highest BCUT2D eigenvalue weighted by atomic mass is 15.1. The number of nitrogens with two attached hydrogens (primary N) is 1. The quantitative estimate of drug-likeness (QED) is 0.591. The monoisotopic (exact) mass is 228 g/mol. The van der Waals surface area contributed by atoms with Crippen LogP contribution in [0.25, 0.3) is 0 Å². The Labute approximate surface area is 103 Å². The van der Waals surface area contributed by atoms with E-state index < -0.39 is 0 Å². The number of fused-ring (bicyclic) bond motifs is 1. The molecule has 1 heterocycles. The summed E-state index contributed by atoms with van der Waals surface area (Å²) in [7, 11) is 0. The van der Waals surface area contributed by atoms with E-state index in [9.17, 15) is 0 Å². The molecule has 0 bridgehead atoms. The van der Waals surface area contributed by atoms with Crippen molar-refractivity contribution in [1.29, 1.82) is 0 Å². The Morgan fingerprint density at radius 3 is 2.76 bits per heavy atom. The largest absolute Gasteiger partial charge is 0.399 e. The number of benzene rings is 1. The minimum atomic E-state index is 0.848. The van der Waals surface area contributed by atoms with Gasteiger partial charge >= 0.3 is 0 Å². The van der Waals surface area contributed by atoms with E-state index in [1.54, 1.807) is 5.57 Å². The molecule has 2 nitrogen and oxygen atoms in total. The highest BCUT2D eigenvalue weighted by Crippen LogP contribution is 2.33. The molecule has 1 atom stereocenters. The summed E-state index contributed by atoms with van der Waals surface area (Å²) in [6.07, 6.45) is 7.85. The first kappa shape index (κ1) is 10.7. The number of anilines is 2. The van der Waals surface area contributed by atoms with Crippen molar-refractivity contribution in [3.05, 3.63) is 35.9 Å². The van der Waals surface area contributed by atoms with Crippen molar-refractivity contribution in [3.8, 4) is 0 Å². The van der Waals surface area contributed by atoms with Crippen LogP contribution in [0.4, 0.5) is 11.4 Å². The molecule has 90 valence electrons. The minimum absolute atomic E-state index is 0.848. The fourth-order valence-electron chi connectivity index (χ4n) is 3.04. The van der Waals surface area contributed by atoms with Gasteiger partial charge in [-0.2, -0.15) is 0 Å². The summed E-state index contributed by atoms with van der Waals surface area (Å²) >= 11 is 0. The van der Waals surface area contributed by atoms with Crippen molar-refractivity contribution in [2.75, 3.05) is 23.7 Å². The van der Waals surface area contributed by atoms with E-state index in [4.69, 9.17) is 5.73 Å². The zero-order chi connectivity index (χ0) is 11.7. The molecule has 1 aromatic carbocycles. The Morgan fingerprint density at radius 2 is 1.94 bits per heavy atom. The van der Waals surface area contributed by atoms with Crippen molar-refractivity contribution in [1.82, 2.24) is 0 Å². The Bertz CT molecular complexity index is 419. The van der Waals surface area contributed by atoms with Crippen molar-refractivity contribution >= 4 is 11.4 Å². The molecule has 2 heteroatoms. The van der Waals surface area contributed by atoms with Crippen LogP contribution in [-0.4, -0.2) is 13.1 Å². The predicted octanol–water partition coefficient (Wildman–Crippen LogP) is 3.21. The van der Waals surface area contributed by atoms with Crippen LogP contribution in [0.1, 0.15) is 25.7 Å². The molecule has 2 N–H and O–H groups in total. The van der Waals surface area contributed by atoms with Gasteiger partial charge in [0.15, 0.2) is 0 Å². The fourth-order valence-corrected chi connectivity index (χ4v) is 3.04. The Kier molecular flexibility index (Phi) is 2.79. The zero-order valence-corrected chi connectivity index (χ0v) is 10.2. The summed E-state index contributed by atoms with van der Waals surface area (Å²) in [5.41, 5.74) is 9.56. The molecule has 0 spiro atoms. The van der Waals surface area contributed by atoms with Gasteiger partial charge in [0, 0.05) is 24.5 Å². The second kappa shape index (κ2) is 4.44. The van der Waals surface area contributed by atoms with E-state index in [1.165, 1.54) is 37.9 Å². The van der Waals surface area contributed by atoms with Gasteiger partial charge in [-0.3, -0.25) is 0 Å². The van der Waals surface area contributed by atoms with Gasteiger partial charge in [0.05, 0.1) is 0 Å². The lowest BCUT2D eigenvalue weighted by molar-refractivity contribution is 0.438. The SMILES string of the molecule is Nc1ccc(N2CC[C@H]3CCCC=C3C2)cc1. The number of nitrogen functional groups attached to an aromatic ring is 1. The summed E-state index contributed by atoms with van der Waals surface area (Å²) in [5, 5.41) is 0. The third kappa shape index (κ3) is 2.17. The molecular weight excluding hydrogens is 208 g/mol. The van der Waals surface area contributed by atoms with Crippen LogP contribution in [0.5, 0.6) is 0 Å². The Balaban J connectivity index is 1.77. The Morgan fingerprint density at radius 1 is 1.12 bits per heavy atom. The van der Waals surface area contributed by atoms with Crippen molar-refractivity contribution in [2.45, 2.75) is 25.7 Å².